The summed E-state index contributed by atoms with van der Waals surface area (Å²) in [4.78, 5) is 8.79. The van der Waals surface area contributed by atoms with E-state index in [0.717, 1.165) is 22.3 Å². The number of nitrogens with one attached hydrogen (secondary N) is 1. The van der Waals surface area contributed by atoms with Gasteiger partial charge in [0.15, 0.2) is 0 Å². The minimum absolute atomic E-state index is 0.0158. The third kappa shape index (κ3) is 5.45. The van der Waals surface area contributed by atoms with Crippen LogP contribution in [0.4, 0.5) is 0 Å². The lowest BCUT2D eigenvalue weighted by atomic mass is 9.90. The molecule has 6 nitrogen and oxygen atoms in total. The van der Waals surface area contributed by atoms with E-state index < -0.39 is 5.41 Å². The molecule has 166 valence electrons. The fourth-order valence-corrected chi connectivity index (χ4v) is 3.08. The number of aliphatic hydroxyl groups excluding tert-OH is 1. The summed E-state index contributed by atoms with van der Waals surface area (Å²) in [7, 11) is 1.59. The monoisotopic (exact) mass is 423 g/mol. The molecule has 2 aromatic rings. The largest absolute Gasteiger partial charge is 0.512 e. The average molecular weight is 424 g/mol. The van der Waals surface area contributed by atoms with Gasteiger partial charge in [0.1, 0.15) is 11.4 Å². The van der Waals surface area contributed by atoms with Gasteiger partial charge in [-0.2, -0.15) is 0 Å². The zero-order valence-electron chi connectivity index (χ0n) is 19.3. The first-order chi connectivity index (χ1) is 14.5. The van der Waals surface area contributed by atoms with Gasteiger partial charge in [0.25, 0.3) is 0 Å². The lowest BCUT2D eigenvalue weighted by Crippen LogP contribution is -2.29. The molecular weight excluding hydrogens is 390 g/mol. The summed E-state index contributed by atoms with van der Waals surface area (Å²) < 4.78 is 5.32. The van der Waals surface area contributed by atoms with Crippen LogP contribution in [0.2, 0.25) is 0 Å². The molecule has 31 heavy (non-hydrogen) atoms. The second kappa shape index (κ2) is 9.69. The van der Waals surface area contributed by atoms with E-state index in [1.807, 2.05) is 39.1 Å². The van der Waals surface area contributed by atoms with E-state index in [9.17, 15) is 10.2 Å². The second-order valence-corrected chi connectivity index (χ2v) is 8.43. The Morgan fingerprint density at radius 1 is 1.23 bits per heavy atom. The summed E-state index contributed by atoms with van der Waals surface area (Å²) in [6.45, 7) is 17.9. The number of pyridine rings is 2. The Morgan fingerprint density at radius 3 is 2.42 bits per heavy atom. The number of rotatable bonds is 9. The topological polar surface area (TPSA) is 87.5 Å². The van der Waals surface area contributed by atoms with Gasteiger partial charge >= 0.3 is 0 Å². The van der Waals surface area contributed by atoms with Crippen molar-refractivity contribution in [2.24, 2.45) is 5.41 Å². The van der Waals surface area contributed by atoms with Gasteiger partial charge in [-0.1, -0.05) is 46.9 Å². The van der Waals surface area contributed by atoms with Crippen molar-refractivity contribution >= 4 is 11.3 Å². The van der Waals surface area contributed by atoms with Crippen LogP contribution in [0.15, 0.2) is 49.5 Å². The molecule has 0 bridgehead atoms. The molecule has 0 saturated carbocycles. The molecule has 0 atom stereocenters. The summed E-state index contributed by atoms with van der Waals surface area (Å²) in [6, 6.07) is 3.58. The number of nitrogens with zero attached hydrogens (tertiary/aromatic N) is 2. The van der Waals surface area contributed by atoms with Crippen LogP contribution in [0.3, 0.4) is 0 Å². The van der Waals surface area contributed by atoms with Gasteiger partial charge in [0.05, 0.1) is 18.6 Å². The first-order valence-electron chi connectivity index (χ1n) is 10.2. The first-order valence-corrected chi connectivity index (χ1v) is 10.2. The Hall–Kier alpha value is -3.28. The summed E-state index contributed by atoms with van der Waals surface area (Å²) in [5.74, 6) is 0.880. The number of aromatic nitrogens is 2. The number of aliphatic hydroxyl groups is 1. The second-order valence-electron chi connectivity index (χ2n) is 8.43. The minimum Gasteiger partial charge on any atom is -0.512 e. The zero-order chi connectivity index (χ0) is 23.3. The quantitative estimate of drug-likeness (QED) is 0.467. The van der Waals surface area contributed by atoms with Crippen molar-refractivity contribution in [3.05, 3.63) is 71.9 Å². The molecule has 0 unspecified atom stereocenters. The van der Waals surface area contributed by atoms with Crippen LogP contribution in [0.25, 0.3) is 11.3 Å². The Morgan fingerprint density at radius 2 is 1.90 bits per heavy atom. The van der Waals surface area contributed by atoms with Gasteiger partial charge in [-0.05, 0) is 35.6 Å². The lowest BCUT2D eigenvalue weighted by Gasteiger charge is -2.24. The third-order valence-electron chi connectivity index (χ3n) is 5.31. The molecule has 6 heteroatoms. The van der Waals surface area contributed by atoms with Crippen LogP contribution in [0.1, 0.15) is 62.9 Å². The minimum atomic E-state index is -0.537. The highest BCUT2D eigenvalue weighted by atomic mass is 16.5. The van der Waals surface area contributed by atoms with Crippen LogP contribution in [-0.4, -0.2) is 33.8 Å². The van der Waals surface area contributed by atoms with Crippen molar-refractivity contribution in [3.63, 3.8) is 0 Å². The van der Waals surface area contributed by atoms with Crippen molar-refractivity contribution in [1.82, 2.24) is 15.3 Å². The predicted molar refractivity (Wildman–Crippen MR) is 126 cm³/mol. The van der Waals surface area contributed by atoms with E-state index in [0.29, 0.717) is 23.8 Å². The van der Waals surface area contributed by atoms with E-state index >= 15 is 0 Å². The molecule has 0 aliphatic carbocycles. The fraction of sp³-hybridized carbons (Fsp3) is 0.360. The Kier molecular flexibility index (Phi) is 7.50. The molecule has 0 fully saturated rings. The lowest BCUT2D eigenvalue weighted by molar-refractivity contribution is 0.259. The molecule has 0 aliphatic rings. The molecule has 0 aliphatic heterocycles. The highest BCUT2D eigenvalue weighted by Gasteiger charge is 2.22. The molecule has 0 amide bonds. The highest BCUT2D eigenvalue weighted by Crippen LogP contribution is 2.34. The molecule has 0 saturated heterocycles. The van der Waals surface area contributed by atoms with Gasteiger partial charge in [-0.3, -0.25) is 4.98 Å². The maximum absolute atomic E-state index is 10.7. The maximum atomic E-state index is 10.7. The van der Waals surface area contributed by atoms with Crippen LogP contribution in [0.5, 0.6) is 11.6 Å². The molecule has 2 rings (SSSR count). The number of hydrogen-bond acceptors (Lipinski definition) is 6. The zero-order valence-corrected chi connectivity index (χ0v) is 19.3. The molecule has 3 N–H and O–H groups in total. The van der Waals surface area contributed by atoms with Crippen LogP contribution >= 0.6 is 0 Å². The van der Waals surface area contributed by atoms with E-state index in [2.05, 4.69) is 42.3 Å². The van der Waals surface area contributed by atoms with Crippen LogP contribution < -0.4 is 10.1 Å². The van der Waals surface area contributed by atoms with Crippen LogP contribution in [-0.2, 0) is 0 Å². The number of methoxy groups -OCH3 is 1. The van der Waals surface area contributed by atoms with Crippen molar-refractivity contribution in [2.45, 2.75) is 40.5 Å². The average Bonchev–Trinajstić information content (AvgIpc) is 2.72. The van der Waals surface area contributed by atoms with Gasteiger partial charge in [0.2, 0.25) is 5.88 Å². The van der Waals surface area contributed by atoms with Gasteiger partial charge in [-0.15, -0.1) is 0 Å². The summed E-state index contributed by atoms with van der Waals surface area (Å²) >= 11 is 0. The fourth-order valence-electron chi connectivity index (χ4n) is 3.08. The van der Waals surface area contributed by atoms with Crippen molar-refractivity contribution in [2.75, 3.05) is 13.7 Å². The SMILES string of the molecule is C=C(NCC(C)(C)C(=C)O)c1ncc(/C(=C/C)c2cc(OC)ncc2C(C)C)cc1O. The molecule has 0 spiro atoms. The van der Waals surface area contributed by atoms with E-state index in [4.69, 9.17) is 4.74 Å². The van der Waals surface area contributed by atoms with Gasteiger partial charge < -0.3 is 20.3 Å². The van der Waals surface area contributed by atoms with Crippen molar-refractivity contribution < 1.29 is 14.9 Å². The predicted octanol–water partition coefficient (Wildman–Crippen LogP) is 5.42. The van der Waals surface area contributed by atoms with Gasteiger partial charge in [-0.25, -0.2) is 4.98 Å². The molecular formula is C25H33N3O3. The summed E-state index contributed by atoms with van der Waals surface area (Å²) in [5.41, 5.74) is 4.05. The standard InChI is InChI=1S/C25H33N3O3/c1-9-19(20-11-23(31-8)26-13-21(20)15(2)3)18-10-22(30)24(27-12-18)16(4)28-14-25(6,7)17(5)29/h9-13,15,28-30H,4-5,14H2,1-3,6-8H3/b19-9-. The highest BCUT2D eigenvalue weighted by molar-refractivity contribution is 5.82. The smallest absolute Gasteiger partial charge is 0.213 e. The Bertz CT molecular complexity index is 1010. The van der Waals surface area contributed by atoms with E-state index in [1.54, 1.807) is 19.4 Å². The van der Waals surface area contributed by atoms with E-state index in [-0.39, 0.29) is 17.4 Å². The normalized spacial score (nSPS) is 12.0. The Balaban J connectivity index is 2.38. The molecule has 0 radical (unpaired) electrons. The van der Waals surface area contributed by atoms with Crippen LogP contribution in [0, 0.1) is 5.41 Å². The summed E-state index contributed by atoms with van der Waals surface area (Å²) in [6.07, 6.45) is 5.52. The number of allylic oxidation sites excluding steroid dienone is 1. The van der Waals surface area contributed by atoms with Crippen molar-refractivity contribution in [3.8, 4) is 11.6 Å². The Labute approximate surface area is 185 Å². The number of ether oxygens (including phenoxy) is 1. The molecule has 0 aromatic carbocycles. The molecule has 2 aromatic heterocycles. The molecule has 2 heterocycles. The summed E-state index contributed by atoms with van der Waals surface area (Å²) in [5, 5.41) is 23.5. The number of aromatic hydroxyl groups is 1. The van der Waals surface area contributed by atoms with Gasteiger partial charge in [0, 0.05) is 36.0 Å². The first kappa shape index (κ1) is 24.0. The third-order valence-corrected chi connectivity index (χ3v) is 5.31. The van der Waals surface area contributed by atoms with Crippen molar-refractivity contribution in [1.29, 1.82) is 0 Å². The van der Waals surface area contributed by atoms with E-state index in [1.165, 1.54) is 0 Å². The number of hydrogen-bond donors (Lipinski definition) is 3. The maximum Gasteiger partial charge on any atom is 0.213 e.